The number of benzene rings is 1. The summed E-state index contributed by atoms with van der Waals surface area (Å²) >= 11 is 0. The van der Waals surface area contributed by atoms with Crippen LogP contribution in [-0.4, -0.2) is 36.5 Å². The van der Waals surface area contributed by atoms with Crippen molar-refractivity contribution in [1.82, 2.24) is 10.4 Å². The van der Waals surface area contributed by atoms with Crippen molar-refractivity contribution >= 4 is 5.91 Å². The standard InChI is InChI=1S/C14H17F3N2O3/c1-10(20)18-19-8-6-11(7-9-19)21-12-4-2-3-5-13(12)22-14(15,16)17/h2-5,11H,6-9H2,1H3,(H,18,20). The molecule has 1 fully saturated rings. The monoisotopic (exact) mass is 318 g/mol. The van der Waals surface area contributed by atoms with Gasteiger partial charge in [0, 0.05) is 20.0 Å². The average Bonchev–Trinajstić information content (AvgIpc) is 2.41. The molecule has 1 aliphatic heterocycles. The lowest BCUT2D eigenvalue weighted by Crippen LogP contribution is -2.47. The predicted octanol–water partition coefficient (Wildman–Crippen LogP) is 2.48. The van der Waals surface area contributed by atoms with E-state index in [0.29, 0.717) is 25.9 Å². The van der Waals surface area contributed by atoms with Crippen LogP contribution in [0.4, 0.5) is 13.2 Å². The molecule has 1 aromatic carbocycles. The largest absolute Gasteiger partial charge is 0.573 e. The number of hydrogen-bond acceptors (Lipinski definition) is 4. The second-order valence-electron chi connectivity index (χ2n) is 4.97. The number of halogens is 3. The van der Waals surface area contributed by atoms with E-state index in [1.54, 1.807) is 11.1 Å². The SMILES string of the molecule is CC(=O)NN1CCC(Oc2ccccc2OC(F)(F)F)CC1. The Balaban J connectivity index is 1.93. The Hall–Kier alpha value is -1.96. The van der Waals surface area contributed by atoms with E-state index in [-0.39, 0.29) is 23.5 Å². The number of rotatable bonds is 4. The lowest BCUT2D eigenvalue weighted by atomic mass is 10.1. The minimum Gasteiger partial charge on any atom is -0.486 e. The van der Waals surface area contributed by atoms with Crippen molar-refractivity contribution in [2.24, 2.45) is 0 Å². The van der Waals surface area contributed by atoms with Crippen molar-refractivity contribution in [3.05, 3.63) is 24.3 Å². The fourth-order valence-corrected chi connectivity index (χ4v) is 2.24. The molecule has 0 aromatic heterocycles. The summed E-state index contributed by atoms with van der Waals surface area (Å²) in [7, 11) is 0. The number of alkyl halides is 3. The zero-order valence-corrected chi connectivity index (χ0v) is 12.0. The topological polar surface area (TPSA) is 50.8 Å². The van der Waals surface area contributed by atoms with Gasteiger partial charge in [-0.2, -0.15) is 0 Å². The first-order chi connectivity index (χ1) is 10.3. The van der Waals surface area contributed by atoms with E-state index in [1.165, 1.54) is 25.1 Å². The zero-order valence-electron chi connectivity index (χ0n) is 12.0. The first-order valence-electron chi connectivity index (χ1n) is 6.87. The van der Waals surface area contributed by atoms with E-state index in [0.717, 1.165) is 0 Å². The molecule has 0 unspecified atom stereocenters. The van der Waals surface area contributed by atoms with Crippen molar-refractivity contribution in [3.8, 4) is 11.5 Å². The van der Waals surface area contributed by atoms with E-state index in [9.17, 15) is 18.0 Å². The maximum atomic E-state index is 12.3. The zero-order chi connectivity index (χ0) is 16.2. The van der Waals surface area contributed by atoms with Crippen LogP contribution >= 0.6 is 0 Å². The summed E-state index contributed by atoms with van der Waals surface area (Å²) in [4.78, 5) is 11.0. The van der Waals surface area contributed by atoms with Crippen LogP contribution in [0.15, 0.2) is 24.3 Å². The highest BCUT2D eigenvalue weighted by Crippen LogP contribution is 2.33. The molecule has 5 nitrogen and oxygen atoms in total. The number of ether oxygens (including phenoxy) is 2. The number of piperidine rings is 1. The third-order valence-corrected chi connectivity index (χ3v) is 3.13. The van der Waals surface area contributed by atoms with Crippen LogP contribution in [0.5, 0.6) is 11.5 Å². The van der Waals surface area contributed by atoms with Crippen molar-refractivity contribution in [3.63, 3.8) is 0 Å². The van der Waals surface area contributed by atoms with Gasteiger partial charge in [-0.3, -0.25) is 10.2 Å². The van der Waals surface area contributed by atoms with Crippen LogP contribution in [0, 0.1) is 0 Å². The maximum Gasteiger partial charge on any atom is 0.573 e. The van der Waals surface area contributed by atoms with Crippen molar-refractivity contribution in [1.29, 1.82) is 0 Å². The molecule has 122 valence electrons. The molecule has 0 atom stereocenters. The van der Waals surface area contributed by atoms with Gasteiger partial charge in [0.15, 0.2) is 11.5 Å². The van der Waals surface area contributed by atoms with Crippen molar-refractivity contribution < 1.29 is 27.4 Å². The highest BCUT2D eigenvalue weighted by molar-refractivity contribution is 5.72. The molecule has 0 spiro atoms. The summed E-state index contributed by atoms with van der Waals surface area (Å²) in [5, 5.41) is 1.76. The Morgan fingerprint density at radius 3 is 2.36 bits per heavy atom. The maximum absolute atomic E-state index is 12.3. The Kier molecular flexibility index (Phi) is 5.12. The number of carbonyl (C=O) groups excluding carboxylic acids is 1. The van der Waals surface area contributed by atoms with E-state index >= 15 is 0 Å². The van der Waals surface area contributed by atoms with E-state index in [4.69, 9.17) is 4.74 Å². The number of hydrazine groups is 1. The summed E-state index contributed by atoms with van der Waals surface area (Å²) in [6.45, 7) is 2.58. The minimum atomic E-state index is -4.76. The van der Waals surface area contributed by atoms with Crippen LogP contribution in [0.3, 0.4) is 0 Å². The Bertz CT molecular complexity index is 514. The number of nitrogens with one attached hydrogen (secondary N) is 1. The molecule has 0 aliphatic carbocycles. The van der Waals surface area contributed by atoms with Crippen LogP contribution in [0.2, 0.25) is 0 Å². The van der Waals surface area contributed by atoms with Gasteiger partial charge in [-0.1, -0.05) is 12.1 Å². The highest BCUT2D eigenvalue weighted by Gasteiger charge is 2.33. The molecule has 1 heterocycles. The molecule has 0 radical (unpaired) electrons. The predicted molar refractivity (Wildman–Crippen MR) is 72.2 cm³/mol. The van der Waals surface area contributed by atoms with Crippen molar-refractivity contribution in [2.75, 3.05) is 13.1 Å². The molecule has 2 rings (SSSR count). The molecule has 0 saturated carbocycles. The second kappa shape index (κ2) is 6.87. The van der Waals surface area contributed by atoms with Gasteiger partial charge in [0.05, 0.1) is 0 Å². The third kappa shape index (κ3) is 5.10. The van der Waals surface area contributed by atoms with Gasteiger partial charge in [-0.05, 0) is 25.0 Å². The van der Waals surface area contributed by atoms with E-state index in [2.05, 4.69) is 10.2 Å². The third-order valence-electron chi connectivity index (χ3n) is 3.13. The molecule has 0 bridgehead atoms. The lowest BCUT2D eigenvalue weighted by molar-refractivity contribution is -0.275. The van der Waals surface area contributed by atoms with Crippen LogP contribution in [-0.2, 0) is 4.79 Å². The summed E-state index contributed by atoms with van der Waals surface area (Å²) < 4.78 is 46.6. The molecular formula is C14H17F3N2O3. The fourth-order valence-electron chi connectivity index (χ4n) is 2.24. The van der Waals surface area contributed by atoms with Gasteiger partial charge in [-0.25, -0.2) is 5.01 Å². The van der Waals surface area contributed by atoms with Gasteiger partial charge >= 0.3 is 6.36 Å². The molecule has 1 amide bonds. The van der Waals surface area contributed by atoms with Crippen molar-refractivity contribution in [2.45, 2.75) is 32.2 Å². The number of carbonyl (C=O) groups is 1. The number of hydrogen-bond donors (Lipinski definition) is 1. The van der Waals surface area contributed by atoms with Gasteiger partial charge in [0.2, 0.25) is 5.91 Å². The molecule has 1 aliphatic rings. The highest BCUT2D eigenvalue weighted by atomic mass is 19.4. The normalized spacial score (nSPS) is 17.1. The summed E-state index contributed by atoms with van der Waals surface area (Å²) in [5.74, 6) is -0.430. The van der Waals surface area contributed by atoms with Crippen LogP contribution in [0.25, 0.3) is 0 Å². The van der Waals surface area contributed by atoms with Gasteiger partial charge in [0.25, 0.3) is 0 Å². The van der Waals surface area contributed by atoms with E-state index < -0.39 is 6.36 Å². The van der Waals surface area contributed by atoms with Gasteiger partial charge < -0.3 is 9.47 Å². The lowest BCUT2D eigenvalue weighted by Gasteiger charge is -2.32. The first kappa shape index (κ1) is 16.4. The number of amides is 1. The Morgan fingerprint density at radius 2 is 1.82 bits per heavy atom. The molecule has 22 heavy (non-hydrogen) atoms. The first-order valence-corrected chi connectivity index (χ1v) is 6.87. The quantitative estimate of drug-likeness (QED) is 0.927. The van der Waals surface area contributed by atoms with Crippen LogP contribution in [0.1, 0.15) is 19.8 Å². The molecule has 1 aromatic rings. The number of nitrogens with zero attached hydrogens (tertiary/aromatic N) is 1. The average molecular weight is 318 g/mol. The summed E-state index contributed by atoms with van der Waals surface area (Å²) in [5.41, 5.74) is 2.67. The summed E-state index contributed by atoms with van der Waals surface area (Å²) in [6.07, 6.45) is -3.78. The van der Waals surface area contributed by atoms with E-state index in [1.807, 2.05) is 0 Å². The minimum absolute atomic E-state index is 0.0674. The molecule has 8 heteroatoms. The Labute approximate surface area is 126 Å². The second-order valence-corrected chi connectivity index (χ2v) is 4.97. The van der Waals surface area contributed by atoms with Gasteiger partial charge in [0.1, 0.15) is 6.10 Å². The summed E-state index contributed by atoms with van der Waals surface area (Å²) in [6, 6.07) is 5.70. The number of para-hydroxylation sites is 2. The fraction of sp³-hybridized carbons (Fsp3) is 0.500. The smallest absolute Gasteiger partial charge is 0.486 e. The Morgan fingerprint density at radius 1 is 1.23 bits per heavy atom. The van der Waals surface area contributed by atoms with Crippen LogP contribution < -0.4 is 14.9 Å². The molecular weight excluding hydrogens is 301 g/mol. The molecule has 1 saturated heterocycles. The van der Waals surface area contributed by atoms with Gasteiger partial charge in [-0.15, -0.1) is 13.2 Å². The molecule has 1 N–H and O–H groups in total.